The summed E-state index contributed by atoms with van der Waals surface area (Å²) in [4.78, 5) is 16.9. The van der Waals surface area contributed by atoms with E-state index in [1.807, 2.05) is 24.3 Å². The molecule has 0 amide bonds. The Labute approximate surface area is 147 Å². The minimum atomic E-state index is -4.62. The molecule has 2 heterocycles. The highest BCUT2D eigenvalue weighted by atomic mass is 19.4. The van der Waals surface area contributed by atoms with Gasteiger partial charge in [-0.05, 0) is 24.1 Å². The van der Waals surface area contributed by atoms with Gasteiger partial charge in [-0.1, -0.05) is 24.3 Å². The molecule has 0 saturated carbocycles. The number of ether oxygens (including phenoxy) is 1. The van der Waals surface area contributed by atoms with Gasteiger partial charge in [0.2, 0.25) is 0 Å². The molecule has 0 fully saturated rings. The second-order valence-electron chi connectivity index (χ2n) is 6.15. The van der Waals surface area contributed by atoms with Gasteiger partial charge in [-0.2, -0.15) is 13.2 Å². The maximum absolute atomic E-state index is 13.4. The van der Waals surface area contributed by atoms with Gasteiger partial charge >= 0.3 is 6.18 Å². The Morgan fingerprint density at radius 2 is 1.88 bits per heavy atom. The molecule has 3 aromatic rings. The third kappa shape index (κ3) is 3.24. The first-order valence-corrected chi connectivity index (χ1v) is 7.93. The van der Waals surface area contributed by atoms with E-state index in [9.17, 15) is 18.0 Å². The standard InChI is InChI=1S/C18H18F3N3O2/c1-11-7-14(18(19,20)21)15-16(22-11)23(2)24(17(15)25)9-12-5-4-6-13(8-12)10-26-3/h4-8H,9-10H2,1-3H3. The summed E-state index contributed by atoms with van der Waals surface area (Å²) in [5, 5.41) is -0.404. The average Bonchev–Trinajstić information content (AvgIpc) is 2.79. The fourth-order valence-corrected chi connectivity index (χ4v) is 3.04. The lowest BCUT2D eigenvalue weighted by Gasteiger charge is -2.09. The number of halogens is 3. The van der Waals surface area contributed by atoms with Gasteiger partial charge in [-0.15, -0.1) is 0 Å². The van der Waals surface area contributed by atoms with Gasteiger partial charge in [0.25, 0.3) is 5.56 Å². The second-order valence-corrected chi connectivity index (χ2v) is 6.15. The molecule has 0 N–H and O–H groups in total. The average molecular weight is 365 g/mol. The van der Waals surface area contributed by atoms with Crippen LogP contribution in [-0.4, -0.2) is 21.5 Å². The molecule has 0 aliphatic carbocycles. The summed E-state index contributed by atoms with van der Waals surface area (Å²) in [6.45, 7) is 2.03. The van der Waals surface area contributed by atoms with E-state index in [0.717, 1.165) is 17.2 Å². The summed E-state index contributed by atoms with van der Waals surface area (Å²) < 4.78 is 47.9. The van der Waals surface area contributed by atoms with Gasteiger partial charge in [0, 0.05) is 19.9 Å². The van der Waals surface area contributed by atoms with Gasteiger partial charge in [0.1, 0.15) is 0 Å². The SMILES string of the molecule is COCc1cccc(Cn2c(=O)c3c(C(F)(F)F)cc(C)nc3n2C)c1. The fourth-order valence-electron chi connectivity index (χ4n) is 3.04. The molecule has 0 aliphatic rings. The number of aryl methyl sites for hydroxylation is 2. The molecule has 138 valence electrons. The number of aromatic nitrogens is 3. The Bertz CT molecular complexity index is 1020. The summed E-state index contributed by atoms with van der Waals surface area (Å²) in [7, 11) is 3.11. The van der Waals surface area contributed by atoms with E-state index < -0.39 is 22.7 Å². The molecule has 0 atom stereocenters. The number of methoxy groups -OCH3 is 1. The third-order valence-corrected chi connectivity index (χ3v) is 4.19. The van der Waals surface area contributed by atoms with E-state index in [1.165, 1.54) is 23.3 Å². The monoisotopic (exact) mass is 365 g/mol. The van der Waals surface area contributed by atoms with Crippen LogP contribution in [0.5, 0.6) is 0 Å². The van der Waals surface area contributed by atoms with Gasteiger partial charge in [0.05, 0.1) is 24.1 Å². The summed E-state index contributed by atoms with van der Waals surface area (Å²) in [6, 6.07) is 8.28. The third-order valence-electron chi connectivity index (χ3n) is 4.19. The van der Waals surface area contributed by atoms with E-state index in [4.69, 9.17) is 4.74 Å². The zero-order chi connectivity index (χ0) is 19.1. The Hall–Kier alpha value is -2.61. The molecule has 0 spiro atoms. The molecule has 3 rings (SSSR count). The first-order valence-electron chi connectivity index (χ1n) is 7.93. The highest BCUT2D eigenvalue weighted by molar-refractivity contribution is 5.79. The van der Waals surface area contributed by atoms with Crippen LogP contribution in [-0.2, 0) is 31.1 Å². The maximum atomic E-state index is 13.4. The van der Waals surface area contributed by atoms with Crippen LogP contribution in [0, 0.1) is 6.92 Å². The molecule has 2 aromatic heterocycles. The molecule has 5 nitrogen and oxygen atoms in total. The van der Waals surface area contributed by atoms with Gasteiger partial charge in [-0.3, -0.25) is 9.48 Å². The van der Waals surface area contributed by atoms with Crippen molar-refractivity contribution in [3.63, 3.8) is 0 Å². The van der Waals surface area contributed by atoms with Crippen LogP contribution in [0.25, 0.3) is 11.0 Å². The first kappa shape index (κ1) is 18.2. The number of alkyl halides is 3. The van der Waals surface area contributed by atoms with E-state index in [1.54, 1.807) is 7.11 Å². The molecule has 0 unspecified atom stereocenters. The van der Waals surface area contributed by atoms with Crippen molar-refractivity contribution in [3.8, 4) is 0 Å². The number of hydrogen-bond acceptors (Lipinski definition) is 3. The molecule has 0 radical (unpaired) electrons. The Morgan fingerprint density at radius 3 is 2.54 bits per heavy atom. The van der Waals surface area contributed by atoms with Crippen LogP contribution < -0.4 is 5.56 Å². The number of benzene rings is 1. The van der Waals surface area contributed by atoms with Crippen LogP contribution in [0.15, 0.2) is 35.1 Å². The van der Waals surface area contributed by atoms with Gasteiger partial charge in [-0.25, -0.2) is 9.67 Å². The van der Waals surface area contributed by atoms with Crippen molar-refractivity contribution >= 4 is 11.0 Å². The zero-order valence-corrected chi connectivity index (χ0v) is 14.6. The van der Waals surface area contributed by atoms with E-state index in [-0.39, 0.29) is 17.9 Å². The minimum absolute atomic E-state index is 0.0235. The van der Waals surface area contributed by atoms with E-state index >= 15 is 0 Å². The topological polar surface area (TPSA) is 49.1 Å². The van der Waals surface area contributed by atoms with Crippen molar-refractivity contribution in [1.29, 1.82) is 0 Å². The molecule has 1 aromatic carbocycles. The van der Waals surface area contributed by atoms with Crippen molar-refractivity contribution in [1.82, 2.24) is 14.3 Å². The molecule has 8 heteroatoms. The summed E-state index contributed by atoms with van der Waals surface area (Å²) in [5.41, 5.74) is 0.279. The second kappa shape index (κ2) is 6.60. The molecule has 0 saturated heterocycles. The molecule has 0 aliphatic heterocycles. The van der Waals surface area contributed by atoms with Crippen LogP contribution in [0.4, 0.5) is 13.2 Å². The number of fused-ring (bicyclic) bond motifs is 1. The van der Waals surface area contributed by atoms with E-state index in [2.05, 4.69) is 4.98 Å². The summed E-state index contributed by atoms with van der Waals surface area (Å²) in [5.74, 6) is 0. The van der Waals surface area contributed by atoms with Crippen LogP contribution in [0.1, 0.15) is 22.4 Å². The van der Waals surface area contributed by atoms with Crippen molar-refractivity contribution in [2.24, 2.45) is 7.05 Å². The summed E-state index contributed by atoms with van der Waals surface area (Å²) >= 11 is 0. The Balaban J connectivity index is 2.16. The Morgan fingerprint density at radius 1 is 1.19 bits per heavy atom. The predicted octanol–water partition coefficient (Wildman–Crippen LogP) is 3.26. The van der Waals surface area contributed by atoms with Gasteiger partial charge in [0.15, 0.2) is 5.65 Å². The van der Waals surface area contributed by atoms with Crippen molar-refractivity contribution in [2.45, 2.75) is 26.3 Å². The van der Waals surface area contributed by atoms with E-state index in [0.29, 0.717) is 6.61 Å². The zero-order valence-electron chi connectivity index (χ0n) is 14.6. The first-order chi connectivity index (χ1) is 12.2. The highest BCUT2D eigenvalue weighted by Crippen LogP contribution is 2.33. The van der Waals surface area contributed by atoms with Crippen LogP contribution in [0.3, 0.4) is 0 Å². The maximum Gasteiger partial charge on any atom is 0.417 e. The quantitative estimate of drug-likeness (QED) is 0.713. The summed E-state index contributed by atoms with van der Waals surface area (Å²) in [6.07, 6.45) is -4.62. The van der Waals surface area contributed by atoms with Crippen LogP contribution in [0.2, 0.25) is 0 Å². The number of nitrogens with zero attached hydrogens (tertiary/aromatic N) is 3. The fraction of sp³-hybridized carbons (Fsp3) is 0.333. The van der Waals surface area contributed by atoms with Crippen molar-refractivity contribution in [3.05, 3.63) is 63.1 Å². The van der Waals surface area contributed by atoms with Crippen molar-refractivity contribution in [2.75, 3.05) is 7.11 Å². The van der Waals surface area contributed by atoms with Crippen molar-refractivity contribution < 1.29 is 17.9 Å². The lowest BCUT2D eigenvalue weighted by Crippen LogP contribution is -2.23. The number of hydrogen-bond donors (Lipinski definition) is 0. The van der Waals surface area contributed by atoms with Gasteiger partial charge < -0.3 is 4.74 Å². The lowest BCUT2D eigenvalue weighted by atomic mass is 10.1. The predicted molar refractivity (Wildman–Crippen MR) is 91.0 cm³/mol. The largest absolute Gasteiger partial charge is 0.417 e. The minimum Gasteiger partial charge on any atom is -0.380 e. The number of pyridine rings is 1. The van der Waals surface area contributed by atoms with Crippen LogP contribution >= 0.6 is 0 Å². The molecular weight excluding hydrogens is 347 g/mol. The Kier molecular flexibility index (Phi) is 4.62. The normalized spacial score (nSPS) is 12.1. The molecule has 26 heavy (non-hydrogen) atoms. The smallest absolute Gasteiger partial charge is 0.380 e. The number of rotatable bonds is 4. The lowest BCUT2D eigenvalue weighted by molar-refractivity contribution is -0.136. The molecule has 0 bridgehead atoms. The highest BCUT2D eigenvalue weighted by Gasteiger charge is 2.36. The molecular formula is C18H18F3N3O2.